The number of benzene rings is 2. The molecule has 2 nitrogen and oxygen atoms in total. The third kappa shape index (κ3) is 5.94. The Balaban J connectivity index is 1.58. The van der Waals surface area contributed by atoms with E-state index in [1.807, 2.05) is 6.92 Å². The van der Waals surface area contributed by atoms with Crippen molar-refractivity contribution in [2.75, 3.05) is 13.2 Å². The molecule has 0 aromatic heterocycles. The van der Waals surface area contributed by atoms with Crippen LogP contribution in [-0.2, 0) is 0 Å². The zero-order valence-electron chi connectivity index (χ0n) is 17.6. The van der Waals surface area contributed by atoms with E-state index in [0.717, 1.165) is 25.2 Å². The summed E-state index contributed by atoms with van der Waals surface area (Å²) in [6, 6.07) is 9.56. The van der Waals surface area contributed by atoms with Gasteiger partial charge in [-0.1, -0.05) is 51.7 Å². The van der Waals surface area contributed by atoms with E-state index >= 15 is 0 Å². The highest BCUT2D eigenvalue weighted by atomic mass is 19.1. The predicted octanol–water partition coefficient (Wildman–Crippen LogP) is 7.41. The summed E-state index contributed by atoms with van der Waals surface area (Å²) in [5.41, 5.74) is 1.24. The smallest absolute Gasteiger partial charge is 0.165 e. The van der Waals surface area contributed by atoms with Crippen molar-refractivity contribution in [2.24, 2.45) is 11.8 Å². The van der Waals surface area contributed by atoms with Crippen LogP contribution in [0.15, 0.2) is 36.4 Å². The van der Waals surface area contributed by atoms with Crippen LogP contribution in [-0.4, -0.2) is 13.2 Å². The zero-order valence-corrected chi connectivity index (χ0v) is 17.6. The molecule has 0 heterocycles. The molecule has 4 heteroatoms. The summed E-state index contributed by atoms with van der Waals surface area (Å²) >= 11 is 0. The van der Waals surface area contributed by atoms with Crippen molar-refractivity contribution < 1.29 is 18.3 Å². The van der Waals surface area contributed by atoms with Crippen molar-refractivity contribution in [3.8, 4) is 22.6 Å². The lowest BCUT2D eigenvalue weighted by molar-refractivity contribution is 0.174. The zero-order chi connectivity index (χ0) is 20.6. The fourth-order valence-corrected chi connectivity index (χ4v) is 4.11. The first kappa shape index (κ1) is 21.6. The van der Waals surface area contributed by atoms with Gasteiger partial charge in [0.25, 0.3) is 0 Å². The fraction of sp³-hybridized carbons (Fsp3) is 0.520. The van der Waals surface area contributed by atoms with Crippen LogP contribution >= 0.6 is 0 Å². The van der Waals surface area contributed by atoms with Gasteiger partial charge in [0, 0.05) is 0 Å². The molecule has 1 saturated carbocycles. The van der Waals surface area contributed by atoms with E-state index < -0.39 is 11.6 Å². The van der Waals surface area contributed by atoms with E-state index in [9.17, 15) is 8.78 Å². The SMILES string of the molecule is CCCOc1ccc(-c2ccc(OCC3CCC(CCC)CC3)c(F)c2)cc1F. The average Bonchev–Trinajstić information content (AvgIpc) is 2.73. The molecule has 0 unspecified atom stereocenters. The monoisotopic (exact) mass is 402 g/mol. The summed E-state index contributed by atoms with van der Waals surface area (Å²) in [4.78, 5) is 0. The molecule has 2 aromatic carbocycles. The first-order chi connectivity index (χ1) is 14.1. The van der Waals surface area contributed by atoms with Gasteiger partial charge in [0.2, 0.25) is 0 Å². The molecular formula is C25H32F2O2. The molecule has 0 radical (unpaired) electrons. The average molecular weight is 403 g/mol. The van der Waals surface area contributed by atoms with Crippen LogP contribution in [0.5, 0.6) is 11.5 Å². The number of halogens is 2. The molecule has 158 valence electrons. The first-order valence-corrected chi connectivity index (χ1v) is 11.0. The molecule has 0 saturated heterocycles. The molecular weight excluding hydrogens is 370 g/mol. The second-order valence-electron chi connectivity index (χ2n) is 8.13. The van der Waals surface area contributed by atoms with E-state index in [4.69, 9.17) is 9.47 Å². The third-order valence-corrected chi connectivity index (χ3v) is 5.80. The highest BCUT2D eigenvalue weighted by molar-refractivity contribution is 5.65. The van der Waals surface area contributed by atoms with Gasteiger partial charge in [-0.3, -0.25) is 0 Å². The Kier molecular flexibility index (Phi) is 7.91. The highest BCUT2D eigenvalue weighted by Gasteiger charge is 2.21. The Hall–Kier alpha value is -2.10. The molecule has 3 rings (SSSR count). The lowest BCUT2D eigenvalue weighted by atomic mass is 9.80. The van der Waals surface area contributed by atoms with Gasteiger partial charge in [0.05, 0.1) is 13.2 Å². The third-order valence-electron chi connectivity index (χ3n) is 5.80. The van der Waals surface area contributed by atoms with Crippen LogP contribution in [0.1, 0.15) is 58.8 Å². The summed E-state index contributed by atoms with van der Waals surface area (Å²) < 4.78 is 39.9. The van der Waals surface area contributed by atoms with E-state index in [0.29, 0.717) is 30.3 Å². The molecule has 1 aliphatic rings. The van der Waals surface area contributed by atoms with E-state index in [-0.39, 0.29) is 11.5 Å². The molecule has 0 atom stereocenters. The van der Waals surface area contributed by atoms with Gasteiger partial charge in [0.15, 0.2) is 23.1 Å². The fourth-order valence-electron chi connectivity index (χ4n) is 4.11. The minimum Gasteiger partial charge on any atom is -0.491 e. The second-order valence-corrected chi connectivity index (χ2v) is 8.13. The van der Waals surface area contributed by atoms with Crippen LogP contribution in [0.25, 0.3) is 11.1 Å². The van der Waals surface area contributed by atoms with Crippen molar-refractivity contribution in [3.63, 3.8) is 0 Å². The van der Waals surface area contributed by atoms with Gasteiger partial charge >= 0.3 is 0 Å². The second kappa shape index (κ2) is 10.6. The minimum atomic E-state index is -0.435. The number of hydrogen-bond acceptors (Lipinski definition) is 2. The van der Waals surface area contributed by atoms with Crippen LogP contribution in [0.4, 0.5) is 8.78 Å². The van der Waals surface area contributed by atoms with E-state index in [1.54, 1.807) is 24.3 Å². The maximum Gasteiger partial charge on any atom is 0.165 e. The molecule has 0 aliphatic heterocycles. The van der Waals surface area contributed by atoms with Gasteiger partial charge in [-0.25, -0.2) is 8.78 Å². The van der Waals surface area contributed by atoms with Crippen molar-refractivity contribution in [1.82, 2.24) is 0 Å². The lowest BCUT2D eigenvalue weighted by Gasteiger charge is -2.28. The highest BCUT2D eigenvalue weighted by Crippen LogP contribution is 2.33. The molecule has 2 aromatic rings. The van der Waals surface area contributed by atoms with Crippen LogP contribution in [0.2, 0.25) is 0 Å². The maximum absolute atomic E-state index is 14.6. The molecule has 0 bridgehead atoms. The Morgan fingerprint density at radius 3 is 1.83 bits per heavy atom. The summed E-state index contributed by atoms with van der Waals surface area (Å²) in [7, 11) is 0. The summed E-state index contributed by atoms with van der Waals surface area (Å²) in [5, 5.41) is 0. The minimum absolute atomic E-state index is 0.227. The normalized spacial score (nSPS) is 19.2. The van der Waals surface area contributed by atoms with E-state index in [1.165, 1.54) is 37.8 Å². The van der Waals surface area contributed by atoms with Crippen molar-refractivity contribution in [1.29, 1.82) is 0 Å². The van der Waals surface area contributed by atoms with Gasteiger partial charge in [-0.05, 0) is 66.5 Å². The largest absolute Gasteiger partial charge is 0.491 e. The van der Waals surface area contributed by atoms with Crippen LogP contribution in [0, 0.1) is 23.5 Å². The molecule has 1 aliphatic carbocycles. The van der Waals surface area contributed by atoms with Crippen molar-refractivity contribution in [2.45, 2.75) is 58.8 Å². The summed E-state index contributed by atoms with van der Waals surface area (Å²) in [6.45, 7) is 5.24. The maximum atomic E-state index is 14.6. The quantitative estimate of drug-likeness (QED) is 0.435. The van der Waals surface area contributed by atoms with Gasteiger partial charge in [-0.15, -0.1) is 0 Å². The summed E-state index contributed by atoms with van der Waals surface area (Å²) in [6.07, 6.45) is 8.22. The first-order valence-electron chi connectivity index (χ1n) is 11.0. The Morgan fingerprint density at radius 2 is 1.31 bits per heavy atom. The van der Waals surface area contributed by atoms with Gasteiger partial charge in [-0.2, -0.15) is 0 Å². The molecule has 0 N–H and O–H groups in total. The molecule has 29 heavy (non-hydrogen) atoms. The number of rotatable bonds is 9. The van der Waals surface area contributed by atoms with Gasteiger partial charge in [0.1, 0.15) is 0 Å². The summed E-state index contributed by atoms with van der Waals surface area (Å²) in [5.74, 6) is 1.01. The number of ether oxygens (including phenoxy) is 2. The van der Waals surface area contributed by atoms with E-state index in [2.05, 4.69) is 6.92 Å². The topological polar surface area (TPSA) is 18.5 Å². The Labute approximate surface area is 173 Å². The predicted molar refractivity (Wildman–Crippen MR) is 113 cm³/mol. The lowest BCUT2D eigenvalue weighted by Crippen LogP contribution is -2.20. The van der Waals surface area contributed by atoms with Crippen molar-refractivity contribution in [3.05, 3.63) is 48.0 Å². The molecule has 1 fully saturated rings. The Morgan fingerprint density at radius 1 is 0.759 bits per heavy atom. The molecule has 0 amide bonds. The van der Waals surface area contributed by atoms with Crippen LogP contribution < -0.4 is 9.47 Å². The standard InChI is InChI=1S/C25H32F2O2/c1-3-5-18-6-8-19(9-7-18)17-29-25-13-11-21(16-23(25)27)20-10-12-24(22(26)15-20)28-14-4-2/h10-13,15-16,18-19H,3-9,14,17H2,1-2H3. The Bertz CT molecular complexity index is 782. The number of hydrogen-bond donors (Lipinski definition) is 0. The van der Waals surface area contributed by atoms with Gasteiger partial charge < -0.3 is 9.47 Å². The molecule has 0 spiro atoms. The van der Waals surface area contributed by atoms with Crippen molar-refractivity contribution >= 4 is 0 Å². The van der Waals surface area contributed by atoms with Crippen LogP contribution in [0.3, 0.4) is 0 Å².